The lowest BCUT2D eigenvalue weighted by Crippen LogP contribution is -2.37. The summed E-state index contributed by atoms with van der Waals surface area (Å²) >= 11 is 0. The molecule has 48 valence electrons. The van der Waals surface area contributed by atoms with Crippen LogP contribution in [-0.4, -0.2) is 23.1 Å². The van der Waals surface area contributed by atoms with Gasteiger partial charge in [0.25, 0.3) is 0 Å². The Morgan fingerprint density at radius 2 is 2.44 bits per heavy atom. The summed E-state index contributed by atoms with van der Waals surface area (Å²) in [5, 5.41) is 0. The summed E-state index contributed by atoms with van der Waals surface area (Å²) in [6.45, 7) is 2.32. The van der Waals surface area contributed by atoms with Gasteiger partial charge in [-0.15, -0.1) is 0 Å². The standard InChI is InChI=1S/C6H9N3/c1-4-9(5-1)6-7-2-3-8-6/h2-3H,1,4-5H2,(H,7,8). The molecule has 1 aromatic rings. The molecule has 0 aromatic carbocycles. The Morgan fingerprint density at radius 1 is 1.56 bits per heavy atom. The summed E-state index contributed by atoms with van der Waals surface area (Å²) in [7, 11) is 0. The Kier molecular flexibility index (Phi) is 0.946. The summed E-state index contributed by atoms with van der Waals surface area (Å²) in [6, 6.07) is 0. The molecule has 2 rings (SSSR count). The molecule has 0 saturated carbocycles. The van der Waals surface area contributed by atoms with Gasteiger partial charge in [-0.1, -0.05) is 0 Å². The van der Waals surface area contributed by atoms with E-state index in [0.29, 0.717) is 0 Å². The zero-order chi connectivity index (χ0) is 6.10. The summed E-state index contributed by atoms with van der Waals surface area (Å²) in [6.07, 6.45) is 4.95. The second-order valence-corrected chi connectivity index (χ2v) is 2.25. The minimum Gasteiger partial charge on any atom is -0.342 e. The monoisotopic (exact) mass is 123 g/mol. The number of rotatable bonds is 1. The van der Waals surface area contributed by atoms with Gasteiger partial charge in [0.05, 0.1) is 0 Å². The van der Waals surface area contributed by atoms with Gasteiger partial charge in [-0.25, -0.2) is 4.98 Å². The second-order valence-electron chi connectivity index (χ2n) is 2.25. The highest BCUT2D eigenvalue weighted by Crippen LogP contribution is 2.13. The van der Waals surface area contributed by atoms with Crippen LogP contribution in [0.15, 0.2) is 12.4 Å². The second kappa shape index (κ2) is 1.76. The molecule has 0 aliphatic carbocycles. The van der Waals surface area contributed by atoms with E-state index in [-0.39, 0.29) is 0 Å². The molecule has 3 nitrogen and oxygen atoms in total. The fourth-order valence-corrected chi connectivity index (χ4v) is 0.958. The van der Waals surface area contributed by atoms with Crippen molar-refractivity contribution < 1.29 is 0 Å². The molecule has 1 aliphatic heterocycles. The largest absolute Gasteiger partial charge is 0.342 e. The molecule has 1 aromatic heterocycles. The molecule has 0 bridgehead atoms. The van der Waals surface area contributed by atoms with Crippen LogP contribution in [0.3, 0.4) is 0 Å². The molecular weight excluding hydrogens is 114 g/mol. The summed E-state index contributed by atoms with van der Waals surface area (Å²) in [5.74, 6) is 1.02. The van der Waals surface area contributed by atoms with Gasteiger partial charge in [0.15, 0.2) is 0 Å². The number of imidazole rings is 1. The molecule has 1 saturated heterocycles. The molecular formula is C6H9N3. The number of nitrogens with zero attached hydrogens (tertiary/aromatic N) is 2. The molecule has 1 fully saturated rings. The van der Waals surface area contributed by atoms with Crippen LogP contribution in [-0.2, 0) is 0 Å². The van der Waals surface area contributed by atoms with Gasteiger partial charge in [-0.2, -0.15) is 0 Å². The Labute approximate surface area is 53.7 Å². The van der Waals surface area contributed by atoms with Gasteiger partial charge in [-0.3, -0.25) is 0 Å². The average Bonchev–Trinajstić information content (AvgIpc) is 2.11. The van der Waals surface area contributed by atoms with Gasteiger partial charge in [0.1, 0.15) is 0 Å². The molecule has 1 N–H and O–H groups in total. The first-order chi connectivity index (χ1) is 4.47. The first kappa shape index (κ1) is 4.85. The fraction of sp³-hybridized carbons (Fsp3) is 0.500. The van der Waals surface area contributed by atoms with Gasteiger partial charge in [0, 0.05) is 25.5 Å². The molecule has 9 heavy (non-hydrogen) atoms. The number of aromatic nitrogens is 2. The van der Waals surface area contributed by atoms with Crippen molar-refractivity contribution >= 4 is 5.95 Å². The predicted molar refractivity (Wildman–Crippen MR) is 35.4 cm³/mol. The number of H-pyrrole nitrogens is 1. The van der Waals surface area contributed by atoms with Crippen molar-refractivity contribution in [3.05, 3.63) is 12.4 Å². The van der Waals surface area contributed by atoms with E-state index in [1.165, 1.54) is 6.42 Å². The summed E-state index contributed by atoms with van der Waals surface area (Å²) < 4.78 is 0. The van der Waals surface area contributed by atoms with E-state index in [4.69, 9.17) is 0 Å². The van der Waals surface area contributed by atoms with Crippen LogP contribution < -0.4 is 4.90 Å². The molecule has 0 amide bonds. The van der Waals surface area contributed by atoms with Crippen LogP contribution in [0.25, 0.3) is 0 Å². The third-order valence-corrected chi connectivity index (χ3v) is 1.64. The van der Waals surface area contributed by atoms with Crippen LogP contribution in [0.4, 0.5) is 5.95 Å². The average molecular weight is 123 g/mol. The van der Waals surface area contributed by atoms with E-state index in [0.717, 1.165) is 19.0 Å². The van der Waals surface area contributed by atoms with Gasteiger partial charge >= 0.3 is 0 Å². The van der Waals surface area contributed by atoms with Crippen LogP contribution in [0.2, 0.25) is 0 Å². The number of anilines is 1. The Balaban J connectivity index is 2.14. The zero-order valence-electron chi connectivity index (χ0n) is 5.17. The lowest BCUT2D eigenvalue weighted by Gasteiger charge is -2.30. The molecule has 0 atom stereocenters. The molecule has 3 heteroatoms. The smallest absolute Gasteiger partial charge is 0.202 e. The Hall–Kier alpha value is -0.990. The van der Waals surface area contributed by atoms with Crippen LogP contribution in [0.1, 0.15) is 6.42 Å². The third-order valence-electron chi connectivity index (χ3n) is 1.64. The third kappa shape index (κ3) is 0.686. The Bertz CT molecular complexity index is 176. The minimum atomic E-state index is 1.02. The molecule has 0 spiro atoms. The summed E-state index contributed by atoms with van der Waals surface area (Å²) in [5.41, 5.74) is 0. The van der Waals surface area contributed by atoms with Crippen molar-refractivity contribution in [3.63, 3.8) is 0 Å². The van der Waals surface area contributed by atoms with Crippen LogP contribution in [0, 0.1) is 0 Å². The highest BCUT2D eigenvalue weighted by atomic mass is 15.3. The van der Waals surface area contributed by atoms with Gasteiger partial charge < -0.3 is 9.88 Å². The van der Waals surface area contributed by atoms with Crippen molar-refractivity contribution in [1.29, 1.82) is 0 Å². The lowest BCUT2D eigenvalue weighted by atomic mass is 10.2. The molecule has 1 aliphatic rings. The quantitative estimate of drug-likeness (QED) is 0.593. The SMILES string of the molecule is c1c[nH]c(N2CCC2)n1. The van der Waals surface area contributed by atoms with E-state index in [2.05, 4.69) is 14.9 Å². The summed E-state index contributed by atoms with van der Waals surface area (Å²) in [4.78, 5) is 9.38. The highest BCUT2D eigenvalue weighted by molar-refractivity contribution is 5.31. The normalized spacial score (nSPS) is 17.6. The van der Waals surface area contributed by atoms with Crippen molar-refractivity contribution in [2.24, 2.45) is 0 Å². The van der Waals surface area contributed by atoms with Gasteiger partial charge in [-0.05, 0) is 6.42 Å². The maximum atomic E-state index is 4.11. The number of nitrogens with one attached hydrogen (secondary N) is 1. The molecule has 0 radical (unpaired) electrons. The van der Waals surface area contributed by atoms with Crippen molar-refractivity contribution in [1.82, 2.24) is 9.97 Å². The van der Waals surface area contributed by atoms with E-state index >= 15 is 0 Å². The van der Waals surface area contributed by atoms with E-state index in [1.54, 1.807) is 6.20 Å². The first-order valence-electron chi connectivity index (χ1n) is 3.21. The van der Waals surface area contributed by atoms with Crippen LogP contribution in [0.5, 0.6) is 0 Å². The van der Waals surface area contributed by atoms with Gasteiger partial charge in [0.2, 0.25) is 5.95 Å². The van der Waals surface area contributed by atoms with Crippen LogP contribution >= 0.6 is 0 Å². The minimum absolute atomic E-state index is 1.02. The molecule has 2 heterocycles. The number of aromatic amines is 1. The van der Waals surface area contributed by atoms with Crippen molar-refractivity contribution in [2.45, 2.75) is 6.42 Å². The maximum absolute atomic E-state index is 4.11. The van der Waals surface area contributed by atoms with Crippen molar-refractivity contribution in [3.8, 4) is 0 Å². The topological polar surface area (TPSA) is 31.9 Å². The maximum Gasteiger partial charge on any atom is 0.202 e. The molecule has 0 unspecified atom stereocenters. The fourth-order valence-electron chi connectivity index (χ4n) is 0.958. The zero-order valence-corrected chi connectivity index (χ0v) is 5.17. The Morgan fingerprint density at radius 3 is 2.89 bits per heavy atom. The predicted octanol–water partition coefficient (Wildman–Crippen LogP) is 0.620. The van der Waals surface area contributed by atoms with Crippen molar-refractivity contribution in [2.75, 3.05) is 18.0 Å². The highest BCUT2D eigenvalue weighted by Gasteiger charge is 2.15. The number of hydrogen-bond donors (Lipinski definition) is 1. The van der Waals surface area contributed by atoms with E-state index < -0.39 is 0 Å². The number of hydrogen-bond acceptors (Lipinski definition) is 2. The van der Waals surface area contributed by atoms with E-state index in [1.807, 2.05) is 6.20 Å². The van der Waals surface area contributed by atoms with E-state index in [9.17, 15) is 0 Å². The lowest BCUT2D eigenvalue weighted by molar-refractivity contribution is 0.603. The first-order valence-corrected chi connectivity index (χ1v) is 3.21.